The van der Waals surface area contributed by atoms with Crippen molar-refractivity contribution in [3.8, 4) is 11.5 Å². The molecule has 1 aromatic rings. The van der Waals surface area contributed by atoms with E-state index in [4.69, 9.17) is 9.47 Å². The van der Waals surface area contributed by atoms with Crippen LogP contribution in [0.2, 0.25) is 0 Å². The number of benzene rings is 1. The van der Waals surface area contributed by atoms with Gasteiger partial charge < -0.3 is 24.3 Å². The lowest BCUT2D eigenvalue weighted by atomic mass is 10.2. The van der Waals surface area contributed by atoms with E-state index < -0.39 is 11.9 Å². The number of carbonyl (C=O) groups is 2. The van der Waals surface area contributed by atoms with E-state index in [1.807, 2.05) is 0 Å². The Morgan fingerprint density at radius 1 is 1.05 bits per heavy atom. The van der Waals surface area contributed by atoms with E-state index in [0.717, 1.165) is 6.08 Å². The second kappa shape index (κ2) is 7.78. The maximum Gasteiger partial charge on any atom is 0.354 e. The third kappa shape index (κ3) is 4.41. The van der Waals surface area contributed by atoms with Crippen LogP contribution in [-0.2, 0) is 19.1 Å². The van der Waals surface area contributed by atoms with Crippen LogP contribution in [-0.4, -0.2) is 40.4 Å². The number of nitrogens with one attached hydrogen (secondary N) is 1. The highest BCUT2D eigenvalue weighted by molar-refractivity contribution is 5.99. The Morgan fingerprint density at radius 3 is 2.29 bits per heavy atom. The summed E-state index contributed by atoms with van der Waals surface area (Å²) in [6.07, 6.45) is 0.991. The van der Waals surface area contributed by atoms with Gasteiger partial charge in [0.05, 0.1) is 40.2 Å². The lowest BCUT2D eigenvalue weighted by Gasteiger charge is -2.13. The van der Waals surface area contributed by atoms with Gasteiger partial charge in [-0.15, -0.1) is 0 Å². The Kier molecular flexibility index (Phi) is 6.06. The van der Waals surface area contributed by atoms with Gasteiger partial charge in [0.1, 0.15) is 17.2 Å². The fourth-order valence-corrected chi connectivity index (χ4v) is 1.49. The summed E-state index contributed by atoms with van der Waals surface area (Å²) in [6, 6.07) is 4.98. The maximum atomic E-state index is 11.7. The van der Waals surface area contributed by atoms with Gasteiger partial charge in [0.25, 0.3) is 0 Å². The molecule has 0 atom stereocenters. The zero-order valence-corrected chi connectivity index (χ0v) is 12.3. The van der Waals surface area contributed by atoms with Crippen molar-refractivity contribution >= 4 is 17.6 Å². The van der Waals surface area contributed by atoms with Crippen LogP contribution in [0.4, 0.5) is 5.69 Å². The molecule has 7 nitrogen and oxygen atoms in total. The molecule has 0 aromatic heterocycles. The van der Waals surface area contributed by atoms with Crippen LogP contribution in [0, 0.1) is 0 Å². The molecule has 7 heteroatoms. The molecule has 0 aliphatic rings. The molecule has 0 unspecified atom stereocenters. The molecule has 1 N–H and O–H groups in total. The first kappa shape index (κ1) is 16.4. The van der Waals surface area contributed by atoms with E-state index in [1.165, 1.54) is 28.4 Å². The molecule has 0 saturated carbocycles. The summed E-state index contributed by atoms with van der Waals surface area (Å²) in [5.41, 5.74) is 0.355. The van der Waals surface area contributed by atoms with Crippen LogP contribution in [0.25, 0.3) is 0 Å². The molecule has 1 aromatic carbocycles. The highest BCUT2D eigenvalue weighted by Gasteiger charge is 2.15. The molecule has 0 spiro atoms. The fraction of sp³-hybridized carbons (Fsp3) is 0.286. The Balaban J connectivity index is 3.16. The fourth-order valence-electron chi connectivity index (χ4n) is 1.49. The Hall–Kier alpha value is -2.70. The quantitative estimate of drug-likeness (QED) is 0.626. The highest BCUT2D eigenvalue weighted by Crippen LogP contribution is 2.30. The van der Waals surface area contributed by atoms with Crippen LogP contribution in [0.15, 0.2) is 30.0 Å². The van der Waals surface area contributed by atoms with Gasteiger partial charge >= 0.3 is 11.9 Å². The standard InChI is InChI=1S/C14H17NO6/c1-18-9-5-6-12(19-2)10(7-9)15-11(14(17)21-4)8-13(16)20-3/h5-8,15H,1-4H3/b11-8+. The van der Waals surface area contributed by atoms with Crippen LogP contribution in [0.3, 0.4) is 0 Å². The average molecular weight is 295 g/mol. The number of anilines is 1. The number of hydrogen-bond acceptors (Lipinski definition) is 7. The van der Waals surface area contributed by atoms with Crippen molar-refractivity contribution in [2.75, 3.05) is 33.8 Å². The summed E-state index contributed by atoms with van der Waals surface area (Å²) in [7, 11) is 5.41. The van der Waals surface area contributed by atoms with Gasteiger partial charge in [-0.1, -0.05) is 0 Å². The number of methoxy groups -OCH3 is 4. The minimum absolute atomic E-state index is 0.0871. The average Bonchev–Trinajstić information content (AvgIpc) is 2.52. The normalized spacial score (nSPS) is 10.6. The van der Waals surface area contributed by atoms with E-state index in [0.29, 0.717) is 17.2 Å². The molecule has 0 radical (unpaired) electrons. The summed E-state index contributed by atoms with van der Waals surface area (Å²) in [4.78, 5) is 23.0. The first-order chi connectivity index (χ1) is 10.0. The number of rotatable bonds is 6. The smallest absolute Gasteiger partial charge is 0.354 e. The molecule has 0 heterocycles. The number of hydrogen-bond donors (Lipinski definition) is 1. The zero-order valence-electron chi connectivity index (χ0n) is 12.3. The topological polar surface area (TPSA) is 83.1 Å². The van der Waals surface area contributed by atoms with E-state index in [9.17, 15) is 9.59 Å². The van der Waals surface area contributed by atoms with Gasteiger partial charge in [-0.25, -0.2) is 9.59 Å². The second-order valence-corrected chi connectivity index (χ2v) is 3.76. The van der Waals surface area contributed by atoms with Crippen LogP contribution in [0.5, 0.6) is 11.5 Å². The Bertz CT molecular complexity index is 552. The molecular formula is C14H17NO6. The molecule has 0 bridgehead atoms. The van der Waals surface area contributed by atoms with Gasteiger partial charge in [-0.2, -0.15) is 0 Å². The summed E-state index contributed by atoms with van der Waals surface area (Å²) >= 11 is 0. The summed E-state index contributed by atoms with van der Waals surface area (Å²) in [5, 5.41) is 2.77. The van der Waals surface area contributed by atoms with E-state index in [1.54, 1.807) is 18.2 Å². The minimum Gasteiger partial charge on any atom is -0.497 e. The molecule has 0 amide bonds. The Labute approximate surface area is 122 Å². The van der Waals surface area contributed by atoms with Crippen molar-refractivity contribution in [2.24, 2.45) is 0 Å². The van der Waals surface area contributed by atoms with Gasteiger partial charge in [0.2, 0.25) is 0 Å². The zero-order chi connectivity index (χ0) is 15.8. The van der Waals surface area contributed by atoms with E-state index in [-0.39, 0.29) is 5.70 Å². The van der Waals surface area contributed by atoms with Crippen molar-refractivity contribution in [1.82, 2.24) is 0 Å². The lowest BCUT2D eigenvalue weighted by Crippen LogP contribution is -2.16. The van der Waals surface area contributed by atoms with Gasteiger partial charge in [-0.05, 0) is 12.1 Å². The highest BCUT2D eigenvalue weighted by atomic mass is 16.5. The SMILES string of the molecule is COC(=O)/C=C(/Nc1cc(OC)ccc1OC)C(=O)OC. The summed E-state index contributed by atoms with van der Waals surface area (Å²) in [6.45, 7) is 0. The van der Waals surface area contributed by atoms with E-state index >= 15 is 0 Å². The second-order valence-electron chi connectivity index (χ2n) is 3.76. The predicted octanol–water partition coefficient (Wildman–Crippen LogP) is 1.35. The molecule has 1 rings (SSSR count). The molecule has 0 aliphatic heterocycles. The van der Waals surface area contributed by atoms with E-state index in [2.05, 4.69) is 14.8 Å². The lowest BCUT2D eigenvalue weighted by molar-refractivity contribution is -0.138. The van der Waals surface area contributed by atoms with Crippen LogP contribution < -0.4 is 14.8 Å². The minimum atomic E-state index is -0.717. The third-order valence-electron chi connectivity index (χ3n) is 2.54. The van der Waals surface area contributed by atoms with Crippen molar-refractivity contribution in [3.05, 3.63) is 30.0 Å². The van der Waals surface area contributed by atoms with Gasteiger partial charge in [-0.3, -0.25) is 0 Å². The van der Waals surface area contributed by atoms with Crippen molar-refractivity contribution in [2.45, 2.75) is 0 Å². The van der Waals surface area contributed by atoms with Gasteiger partial charge in [0.15, 0.2) is 0 Å². The molecule has 114 valence electrons. The first-order valence-electron chi connectivity index (χ1n) is 5.92. The first-order valence-corrected chi connectivity index (χ1v) is 5.92. The monoisotopic (exact) mass is 295 g/mol. The molecular weight excluding hydrogens is 278 g/mol. The Morgan fingerprint density at radius 2 is 1.76 bits per heavy atom. The summed E-state index contributed by atoms with van der Waals surface area (Å²) < 4.78 is 19.4. The number of carbonyl (C=O) groups excluding carboxylic acids is 2. The summed E-state index contributed by atoms with van der Waals surface area (Å²) in [5.74, 6) is -0.383. The third-order valence-corrected chi connectivity index (χ3v) is 2.54. The van der Waals surface area contributed by atoms with Crippen molar-refractivity contribution in [1.29, 1.82) is 0 Å². The number of ether oxygens (including phenoxy) is 4. The molecule has 0 aliphatic carbocycles. The van der Waals surface area contributed by atoms with Crippen LogP contribution in [0.1, 0.15) is 0 Å². The maximum absolute atomic E-state index is 11.7. The van der Waals surface area contributed by atoms with Crippen LogP contribution >= 0.6 is 0 Å². The molecule has 0 saturated heterocycles. The largest absolute Gasteiger partial charge is 0.497 e. The predicted molar refractivity (Wildman–Crippen MR) is 75.3 cm³/mol. The molecule has 21 heavy (non-hydrogen) atoms. The number of esters is 2. The van der Waals surface area contributed by atoms with Crippen molar-refractivity contribution < 1.29 is 28.5 Å². The molecule has 0 fully saturated rings. The van der Waals surface area contributed by atoms with Crippen molar-refractivity contribution in [3.63, 3.8) is 0 Å². The van der Waals surface area contributed by atoms with Gasteiger partial charge in [0, 0.05) is 6.07 Å².